The number of benzene rings is 1. The van der Waals surface area contributed by atoms with E-state index in [2.05, 4.69) is 17.4 Å². The summed E-state index contributed by atoms with van der Waals surface area (Å²) in [6.45, 7) is 2.06. The lowest BCUT2D eigenvalue weighted by molar-refractivity contribution is -0.124. The average molecular weight is 291 g/mol. The molecule has 0 saturated heterocycles. The van der Waals surface area contributed by atoms with Crippen molar-refractivity contribution in [3.63, 3.8) is 0 Å². The van der Waals surface area contributed by atoms with Crippen LogP contribution in [0.4, 0.5) is 0 Å². The van der Waals surface area contributed by atoms with Gasteiger partial charge in [0, 0.05) is 6.04 Å². The van der Waals surface area contributed by atoms with E-state index < -0.39 is 0 Å². The van der Waals surface area contributed by atoms with Gasteiger partial charge < -0.3 is 21.0 Å². The van der Waals surface area contributed by atoms with Crippen LogP contribution in [0, 0.1) is 5.92 Å². The molecule has 6 heteroatoms. The van der Waals surface area contributed by atoms with Crippen LogP contribution in [0.2, 0.25) is 0 Å². The number of amides is 1. The van der Waals surface area contributed by atoms with E-state index in [0.29, 0.717) is 17.2 Å². The van der Waals surface area contributed by atoms with E-state index in [1.54, 1.807) is 24.3 Å². The Hall–Kier alpha value is -2.24. The van der Waals surface area contributed by atoms with Crippen LogP contribution < -0.4 is 15.8 Å². The largest absolute Gasteiger partial charge is 0.483 e. The second-order valence-electron chi connectivity index (χ2n) is 5.35. The quantitative estimate of drug-likeness (QED) is 0.331. The number of carbonyl (C=O) groups excluding carboxylic acids is 1. The van der Waals surface area contributed by atoms with Gasteiger partial charge in [-0.3, -0.25) is 4.79 Å². The summed E-state index contributed by atoms with van der Waals surface area (Å²) in [5.74, 6) is 0.735. The zero-order valence-corrected chi connectivity index (χ0v) is 12.1. The first-order valence-electron chi connectivity index (χ1n) is 7.11. The fourth-order valence-electron chi connectivity index (χ4n) is 2.61. The molecule has 0 heterocycles. The van der Waals surface area contributed by atoms with Gasteiger partial charge in [-0.15, -0.1) is 0 Å². The van der Waals surface area contributed by atoms with Gasteiger partial charge in [0.05, 0.1) is 5.56 Å². The van der Waals surface area contributed by atoms with Gasteiger partial charge in [0.15, 0.2) is 12.4 Å². The van der Waals surface area contributed by atoms with Gasteiger partial charge in [-0.2, -0.15) is 0 Å². The fourth-order valence-corrected chi connectivity index (χ4v) is 2.61. The van der Waals surface area contributed by atoms with E-state index in [9.17, 15) is 4.79 Å². The molecule has 114 valence electrons. The molecule has 0 spiro atoms. The number of nitrogens with one attached hydrogen (secondary N) is 1. The van der Waals surface area contributed by atoms with Crippen LogP contribution in [0.3, 0.4) is 0 Å². The summed E-state index contributed by atoms with van der Waals surface area (Å²) in [5.41, 5.74) is 6.03. The number of hydrogen-bond donors (Lipinski definition) is 3. The molecule has 1 fully saturated rings. The van der Waals surface area contributed by atoms with Gasteiger partial charge in [0.2, 0.25) is 0 Å². The third-order valence-electron chi connectivity index (χ3n) is 3.84. The Balaban J connectivity index is 1.92. The van der Waals surface area contributed by atoms with Gasteiger partial charge >= 0.3 is 0 Å². The summed E-state index contributed by atoms with van der Waals surface area (Å²) in [4.78, 5) is 11.9. The first kappa shape index (κ1) is 15.2. The Morgan fingerprint density at radius 1 is 1.48 bits per heavy atom. The topological polar surface area (TPSA) is 96.9 Å². The number of ether oxygens (including phenoxy) is 1. The number of oxime groups is 1. The molecule has 6 nitrogen and oxygen atoms in total. The Bertz CT molecular complexity index is 531. The molecule has 0 aromatic heterocycles. The minimum absolute atomic E-state index is 0.0459. The first-order valence-corrected chi connectivity index (χ1v) is 7.11. The molecule has 2 atom stereocenters. The van der Waals surface area contributed by atoms with Crippen molar-refractivity contribution in [3.05, 3.63) is 29.8 Å². The average Bonchev–Trinajstić information content (AvgIpc) is 2.90. The number of para-hydroxylation sites is 1. The molecule has 0 aliphatic heterocycles. The zero-order valence-electron chi connectivity index (χ0n) is 12.1. The smallest absolute Gasteiger partial charge is 0.258 e. The van der Waals surface area contributed by atoms with Gasteiger partial charge in [-0.05, 0) is 30.9 Å². The summed E-state index contributed by atoms with van der Waals surface area (Å²) < 4.78 is 5.48. The Kier molecular flexibility index (Phi) is 5.03. The van der Waals surface area contributed by atoms with E-state index in [1.807, 2.05) is 0 Å². The maximum Gasteiger partial charge on any atom is 0.258 e. The first-order chi connectivity index (χ1) is 10.1. The van der Waals surface area contributed by atoms with Crippen LogP contribution >= 0.6 is 0 Å². The SMILES string of the molecule is CC1CCCC1NC(=O)COc1ccccc1C(N)=NO. The summed E-state index contributed by atoms with van der Waals surface area (Å²) in [6, 6.07) is 7.10. The molecule has 21 heavy (non-hydrogen) atoms. The molecule has 1 aliphatic rings. The Labute approximate surface area is 124 Å². The minimum Gasteiger partial charge on any atom is -0.483 e. The fraction of sp³-hybridized carbons (Fsp3) is 0.467. The van der Waals surface area contributed by atoms with Crippen LogP contribution in [0.25, 0.3) is 0 Å². The number of carbonyl (C=O) groups is 1. The minimum atomic E-state index is -0.150. The lowest BCUT2D eigenvalue weighted by atomic mass is 10.1. The van der Waals surface area contributed by atoms with Crippen molar-refractivity contribution >= 4 is 11.7 Å². The third-order valence-corrected chi connectivity index (χ3v) is 3.84. The van der Waals surface area contributed by atoms with E-state index >= 15 is 0 Å². The van der Waals surface area contributed by atoms with E-state index in [-0.39, 0.29) is 24.4 Å². The Morgan fingerprint density at radius 2 is 2.24 bits per heavy atom. The van der Waals surface area contributed by atoms with Crippen LogP contribution in [0.1, 0.15) is 31.7 Å². The van der Waals surface area contributed by atoms with E-state index in [0.717, 1.165) is 19.3 Å². The van der Waals surface area contributed by atoms with Gasteiger partial charge in [0.1, 0.15) is 5.75 Å². The monoisotopic (exact) mass is 291 g/mol. The second-order valence-corrected chi connectivity index (χ2v) is 5.35. The molecule has 0 bridgehead atoms. The molecule has 1 aromatic carbocycles. The number of nitrogens with two attached hydrogens (primary N) is 1. The van der Waals surface area contributed by atoms with E-state index in [1.165, 1.54) is 0 Å². The maximum absolute atomic E-state index is 11.9. The van der Waals surface area contributed by atoms with Crippen molar-refractivity contribution in [3.8, 4) is 5.75 Å². The molecule has 4 N–H and O–H groups in total. The van der Waals surface area contributed by atoms with Crippen LogP contribution in [-0.4, -0.2) is 29.6 Å². The zero-order chi connectivity index (χ0) is 15.2. The number of hydrogen-bond acceptors (Lipinski definition) is 4. The lowest BCUT2D eigenvalue weighted by Gasteiger charge is -2.17. The summed E-state index contributed by atoms with van der Waals surface area (Å²) in [5, 5.41) is 14.7. The van der Waals surface area contributed by atoms with Crippen molar-refractivity contribution in [1.82, 2.24) is 5.32 Å². The Morgan fingerprint density at radius 3 is 2.90 bits per heavy atom. The maximum atomic E-state index is 11.9. The second kappa shape index (κ2) is 6.97. The molecule has 1 aliphatic carbocycles. The van der Waals surface area contributed by atoms with Crippen molar-refractivity contribution in [2.75, 3.05) is 6.61 Å². The molecular formula is C15H21N3O3. The van der Waals surface area contributed by atoms with Crippen LogP contribution in [0.15, 0.2) is 29.4 Å². The van der Waals surface area contributed by atoms with Crippen LogP contribution in [0.5, 0.6) is 5.75 Å². The lowest BCUT2D eigenvalue weighted by Crippen LogP contribution is -2.39. The van der Waals surface area contributed by atoms with E-state index in [4.69, 9.17) is 15.7 Å². The summed E-state index contributed by atoms with van der Waals surface area (Å²) in [6.07, 6.45) is 3.32. The number of amidine groups is 1. The van der Waals surface area contributed by atoms with Crippen molar-refractivity contribution in [2.24, 2.45) is 16.8 Å². The summed E-state index contributed by atoms with van der Waals surface area (Å²) in [7, 11) is 0. The van der Waals surface area contributed by atoms with Crippen LogP contribution in [-0.2, 0) is 4.79 Å². The number of rotatable bonds is 5. The van der Waals surface area contributed by atoms with Crippen molar-refractivity contribution in [1.29, 1.82) is 0 Å². The normalized spacial score (nSPS) is 22.0. The predicted molar refractivity (Wildman–Crippen MR) is 79.4 cm³/mol. The molecule has 2 unspecified atom stereocenters. The van der Waals surface area contributed by atoms with Gasteiger partial charge in [0.25, 0.3) is 5.91 Å². The molecular weight excluding hydrogens is 270 g/mol. The molecule has 1 amide bonds. The highest BCUT2D eigenvalue weighted by atomic mass is 16.5. The highest BCUT2D eigenvalue weighted by Gasteiger charge is 2.24. The van der Waals surface area contributed by atoms with Crippen molar-refractivity contribution < 1.29 is 14.7 Å². The highest BCUT2D eigenvalue weighted by Crippen LogP contribution is 2.24. The van der Waals surface area contributed by atoms with Gasteiger partial charge in [-0.25, -0.2) is 0 Å². The molecule has 0 radical (unpaired) electrons. The summed E-state index contributed by atoms with van der Waals surface area (Å²) >= 11 is 0. The molecule has 1 aromatic rings. The third kappa shape index (κ3) is 3.87. The highest BCUT2D eigenvalue weighted by molar-refractivity contribution is 5.99. The van der Waals surface area contributed by atoms with Crippen molar-refractivity contribution in [2.45, 2.75) is 32.2 Å². The predicted octanol–water partition coefficient (Wildman–Crippen LogP) is 1.46. The number of nitrogens with zero attached hydrogens (tertiary/aromatic N) is 1. The molecule has 1 saturated carbocycles. The molecule has 2 rings (SSSR count). The van der Waals surface area contributed by atoms with Gasteiger partial charge in [-0.1, -0.05) is 30.6 Å². The standard InChI is InChI=1S/C15H21N3O3/c1-10-5-4-7-12(10)17-14(19)9-21-13-8-3-2-6-11(13)15(16)18-20/h2-3,6,8,10,12,20H,4-5,7,9H2,1H3,(H2,16,18)(H,17,19).